The van der Waals surface area contributed by atoms with Gasteiger partial charge in [-0.25, -0.2) is 0 Å². The quantitative estimate of drug-likeness (QED) is 0.290. The predicted molar refractivity (Wildman–Crippen MR) is 70.7 cm³/mol. The van der Waals surface area contributed by atoms with Gasteiger partial charge >= 0.3 is 0 Å². The first-order chi connectivity index (χ1) is 8.45. The summed E-state index contributed by atoms with van der Waals surface area (Å²) in [7, 11) is 0. The van der Waals surface area contributed by atoms with E-state index in [0.29, 0.717) is 10.0 Å². The maximum Gasteiger partial charge on any atom is 0.251 e. The van der Waals surface area contributed by atoms with Gasteiger partial charge in [0, 0.05) is 18.0 Å². The average Bonchev–Trinajstić information content (AvgIpc) is 2.37. The molecule has 98 valence electrons. The van der Waals surface area contributed by atoms with Gasteiger partial charge in [0.15, 0.2) is 0 Å². The first-order valence-corrected chi connectivity index (χ1v) is 5.99. The number of hydrogen-bond acceptors (Lipinski definition) is 4. The lowest BCUT2D eigenvalue weighted by molar-refractivity contribution is 0.0950. The molecule has 18 heavy (non-hydrogen) atoms. The Labute approximate surface area is 113 Å². The molecule has 0 aromatic heterocycles. The van der Waals surface area contributed by atoms with Gasteiger partial charge in [0.05, 0.1) is 4.47 Å². The molecule has 0 aliphatic rings. The predicted octanol–water partition coefficient (Wildman–Crippen LogP) is 1.27. The monoisotopic (exact) mass is 315 g/mol. The first-order valence-electron chi connectivity index (χ1n) is 5.19. The number of nitrogens with zero attached hydrogens (tertiary/aromatic N) is 1. The molecule has 0 spiro atoms. The van der Waals surface area contributed by atoms with E-state index in [9.17, 15) is 9.90 Å². The molecule has 7 heteroatoms. The zero-order valence-electron chi connectivity index (χ0n) is 9.72. The fourth-order valence-electron chi connectivity index (χ4n) is 1.20. The second kappa shape index (κ2) is 6.25. The number of phenols is 1. The van der Waals surface area contributed by atoms with Gasteiger partial charge in [-0.2, -0.15) is 0 Å². The average molecular weight is 316 g/mol. The summed E-state index contributed by atoms with van der Waals surface area (Å²) in [6, 6.07) is 4.51. The maximum atomic E-state index is 11.7. The van der Waals surface area contributed by atoms with Crippen LogP contribution in [0.1, 0.15) is 17.3 Å². The SMILES string of the molecule is CC(CNC(=O)c1ccc(Br)c(O)c1)/C(N)=N/O. The number of oxime groups is 1. The molecule has 1 unspecified atom stereocenters. The summed E-state index contributed by atoms with van der Waals surface area (Å²) >= 11 is 3.13. The number of amides is 1. The van der Waals surface area contributed by atoms with Gasteiger partial charge in [-0.15, -0.1) is 0 Å². The van der Waals surface area contributed by atoms with Crippen molar-refractivity contribution in [1.82, 2.24) is 5.32 Å². The molecule has 1 rings (SSSR count). The lowest BCUT2D eigenvalue weighted by Gasteiger charge is -2.11. The van der Waals surface area contributed by atoms with E-state index in [-0.39, 0.29) is 30.0 Å². The van der Waals surface area contributed by atoms with Crippen LogP contribution in [0.15, 0.2) is 27.8 Å². The van der Waals surface area contributed by atoms with Gasteiger partial charge in [0.25, 0.3) is 5.91 Å². The minimum atomic E-state index is -0.338. The molecule has 6 nitrogen and oxygen atoms in total. The van der Waals surface area contributed by atoms with E-state index in [4.69, 9.17) is 10.9 Å². The molecule has 1 amide bonds. The third-order valence-electron chi connectivity index (χ3n) is 2.40. The zero-order chi connectivity index (χ0) is 13.7. The Kier molecular flexibility index (Phi) is 4.96. The van der Waals surface area contributed by atoms with Crippen LogP contribution in [0.5, 0.6) is 5.75 Å². The van der Waals surface area contributed by atoms with Gasteiger partial charge < -0.3 is 21.4 Å². The van der Waals surface area contributed by atoms with Crippen molar-refractivity contribution in [2.45, 2.75) is 6.92 Å². The number of phenolic OH excluding ortho intramolecular Hbond substituents is 1. The lowest BCUT2D eigenvalue weighted by atomic mass is 10.1. The van der Waals surface area contributed by atoms with Gasteiger partial charge in [-0.1, -0.05) is 12.1 Å². The molecule has 1 aromatic carbocycles. The van der Waals surface area contributed by atoms with Crippen LogP contribution >= 0.6 is 15.9 Å². The summed E-state index contributed by atoms with van der Waals surface area (Å²) < 4.78 is 0.518. The summed E-state index contributed by atoms with van der Waals surface area (Å²) in [6.07, 6.45) is 0. The van der Waals surface area contributed by atoms with Crippen molar-refractivity contribution in [2.75, 3.05) is 6.54 Å². The number of hydrogen-bond donors (Lipinski definition) is 4. The van der Waals surface area contributed by atoms with Gasteiger partial charge in [0.1, 0.15) is 11.6 Å². The van der Waals surface area contributed by atoms with Crippen LogP contribution in [-0.2, 0) is 0 Å². The van der Waals surface area contributed by atoms with E-state index in [0.717, 1.165) is 0 Å². The van der Waals surface area contributed by atoms with Crippen molar-refractivity contribution in [3.8, 4) is 5.75 Å². The highest BCUT2D eigenvalue weighted by atomic mass is 79.9. The van der Waals surface area contributed by atoms with E-state index in [1.165, 1.54) is 6.07 Å². The Morgan fingerprint density at radius 1 is 1.61 bits per heavy atom. The van der Waals surface area contributed by atoms with Crippen molar-refractivity contribution in [3.63, 3.8) is 0 Å². The Morgan fingerprint density at radius 2 is 2.28 bits per heavy atom. The van der Waals surface area contributed by atoms with Crippen LogP contribution < -0.4 is 11.1 Å². The van der Waals surface area contributed by atoms with Crippen molar-refractivity contribution in [2.24, 2.45) is 16.8 Å². The first kappa shape index (κ1) is 14.3. The van der Waals surface area contributed by atoms with Gasteiger partial charge in [-0.05, 0) is 34.1 Å². The van der Waals surface area contributed by atoms with Crippen LogP contribution in [0.25, 0.3) is 0 Å². The van der Waals surface area contributed by atoms with E-state index < -0.39 is 0 Å². The van der Waals surface area contributed by atoms with E-state index in [2.05, 4.69) is 26.4 Å². The van der Waals surface area contributed by atoms with E-state index in [1.54, 1.807) is 19.1 Å². The van der Waals surface area contributed by atoms with Gasteiger partial charge in [-0.3, -0.25) is 4.79 Å². The number of benzene rings is 1. The van der Waals surface area contributed by atoms with Crippen LogP contribution in [-0.4, -0.2) is 28.6 Å². The normalized spacial score (nSPS) is 13.1. The smallest absolute Gasteiger partial charge is 0.251 e. The maximum absolute atomic E-state index is 11.7. The van der Waals surface area contributed by atoms with Gasteiger partial charge in [0.2, 0.25) is 0 Å². The molecular formula is C11H14BrN3O3. The fraction of sp³-hybridized carbons (Fsp3) is 0.273. The summed E-state index contributed by atoms with van der Waals surface area (Å²) in [5.41, 5.74) is 5.72. The molecule has 1 atom stereocenters. The molecule has 0 saturated heterocycles. The van der Waals surface area contributed by atoms with Crippen LogP contribution in [0.3, 0.4) is 0 Å². The molecule has 1 aromatic rings. The van der Waals surface area contributed by atoms with Crippen LogP contribution in [0.2, 0.25) is 0 Å². The van der Waals surface area contributed by atoms with Crippen molar-refractivity contribution in [1.29, 1.82) is 0 Å². The second-order valence-electron chi connectivity index (χ2n) is 3.80. The highest BCUT2D eigenvalue weighted by Gasteiger charge is 2.12. The number of amidine groups is 1. The summed E-state index contributed by atoms with van der Waals surface area (Å²) in [4.78, 5) is 11.7. The number of carbonyl (C=O) groups excluding carboxylic acids is 1. The number of rotatable bonds is 4. The molecule has 0 saturated carbocycles. The topological polar surface area (TPSA) is 108 Å². The summed E-state index contributed by atoms with van der Waals surface area (Å²) in [5.74, 6) is -0.570. The highest BCUT2D eigenvalue weighted by Crippen LogP contribution is 2.24. The van der Waals surface area contributed by atoms with Crippen molar-refractivity contribution < 1.29 is 15.1 Å². The van der Waals surface area contributed by atoms with E-state index >= 15 is 0 Å². The number of nitrogens with one attached hydrogen (secondary N) is 1. The number of carbonyl (C=O) groups is 1. The number of nitrogens with two attached hydrogens (primary N) is 1. The number of halogens is 1. The minimum Gasteiger partial charge on any atom is -0.507 e. The van der Waals surface area contributed by atoms with Crippen molar-refractivity contribution >= 4 is 27.7 Å². The lowest BCUT2D eigenvalue weighted by Crippen LogP contribution is -2.34. The van der Waals surface area contributed by atoms with E-state index in [1.807, 2.05) is 0 Å². The van der Waals surface area contributed by atoms with Crippen LogP contribution in [0, 0.1) is 5.92 Å². The highest BCUT2D eigenvalue weighted by molar-refractivity contribution is 9.10. The summed E-state index contributed by atoms with van der Waals surface area (Å²) in [5, 5.41) is 23.4. The molecule has 0 radical (unpaired) electrons. The molecule has 0 aliphatic carbocycles. The molecule has 0 heterocycles. The zero-order valence-corrected chi connectivity index (χ0v) is 11.3. The summed E-state index contributed by atoms with van der Waals surface area (Å²) in [6.45, 7) is 1.96. The molecule has 0 fully saturated rings. The Morgan fingerprint density at radius 3 is 2.83 bits per heavy atom. The second-order valence-corrected chi connectivity index (χ2v) is 4.66. The van der Waals surface area contributed by atoms with Crippen LogP contribution in [0.4, 0.5) is 0 Å². The third kappa shape index (κ3) is 3.63. The Hall–Kier alpha value is -1.76. The fourth-order valence-corrected chi connectivity index (χ4v) is 1.45. The Bertz CT molecular complexity index is 477. The minimum absolute atomic E-state index is 0.00728. The molecule has 0 aliphatic heterocycles. The van der Waals surface area contributed by atoms with Crippen molar-refractivity contribution in [3.05, 3.63) is 28.2 Å². The molecule has 0 bridgehead atoms. The standard InChI is InChI=1S/C11H14BrN3O3/c1-6(10(13)15-18)5-14-11(17)7-2-3-8(12)9(16)4-7/h2-4,6,16,18H,5H2,1H3,(H2,13,15)(H,14,17). The molecule has 5 N–H and O–H groups in total. The number of aromatic hydroxyl groups is 1. The molecular weight excluding hydrogens is 302 g/mol. The largest absolute Gasteiger partial charge is 0.507 e. The third-order valence-corrected chi connectivity index (χ3v) is 3.07. The Balaban J connectivity index is 2.63.